The normalized spacial score (nSPS) is 17.6. The minimum atomic E-state index is -0.738. The van der Waals surface area contributed by atoms with Crippen molar-refractivity contribution in [3.63, 3.8) is 0 Å². The number of methoxy groups -OCH3 is 1. The molecule has 7 heteroatoms. The van der Waals surface area contributed by atoms with Crippen LogP contribution < -0.4 is 4.74 Å². The van der Waals surface area contributed by atoms with Crippen LogP contribution in [0.25, 0.3) is 5.76 Å². The third kappa shape index (κ3) is 4.03. The number of hydrogen-bond acceptors (Lipinski definition) is 5. The molecule has 1 aliphatic rings. The molecule has 1 atom stereocenters. The molecule has 0 spiro atoms. The number of halogens is 1. The first-order chi connectivity index (χ1) is 15.4. The molecule has 1 aliphatic heterocycles. The third-order valence-corrected chi connectivity index (χ3v) is 6.00. The average molecular weight is 493 g/mol. The Labute approximate surface area is 194 Å². The van der Waals surface area contributed by atoms with E-state index in [1.54, 1.807) is 43.6 Å². The van der Waals surface area contributed by atoms with Gasteiger partial charge in [0, 0.05) is 11.8 Å². The second kappa shape index (κ2) is 8.96. The number of amides is 1. The first kappa shape index (κ1) is 21.8. The van der Waals surface area contributed by atoms with E-state index in [4.69, 9.17) is 4.74 Å². The zero-order valence-corrected chi connectivity index (χ0v) is 19.2. The summed E-state index contributed by atoms with van der Waals surface area (Å²) in [5.41, 5.74) is 2.84. The van der Waals surface area contributed by atoms with Crippen molar-refractivity contribution in [2.24, 2.45) is 0 Å². The molecule has 1 saturated heterocycles. The van der Waals surface area contributed by atoms with Crippen LogP contribution >= 0.6 is 15.9 Å². The van der Waals surface area contributed by atoms with Crippen molar-refractivity contribution in [2.45, 2.75) is 19.5 Å². The Morgan fingerprint density at radius 2 is 1.94 bits per heavy atom. The number of benzene rings is 2. The van der Waals surface area contributed by atoms with Gasteiger partial charge in [-0.05, 0) is 58.7 Å². The van der Waals surface area contributed by atoms with Crippen molar-refractivity contribution >= 4 is 33.4 Å². The number of hydrogen-bond donors (Lipinski definition) is 1. The van der Waals surface area contributed by atoms with E-state index in [2.05, 4.69) is 20.9 Å². The largest absolute Gasteiger partial charge is 0.507 e. The summed E-state index contributed by atoms with van der Waals surface area (Å²) in [5, 5.41) is 11.2. The van der Waals surface area contributed by atoms with Crippen molar-refractivity contribution in [1.29, 1.82) is 0 Å². The lowest BCUT2D eigenvalue weighted by molar-refractivity contribution is -0.140. The van der Waals surface area contributed by atoms with E-state index in [-0.39, 0.29) is 17.9 Å². The summed E-state index contributed by atoms with van der Waals surface area (Å²) in [6.07, 6.45) is 1.64. The lowest BCUT2D eigenvalue weighted by Gasteiger charge is -2.25. The molecule has 1 unspecified atom stereocenters. The summed E-state index contributed by atoms with van der Waals surface area (Å²) in [6.45, 7) is 2.09. The number of aliphatic hydroxyl groups excluding tert-OH is 1. The van der Waals surface area contributed by atoms with Crippen molar-refractivity contribution < 1.29 is 19.4 Å². The summed E-state index contributed by atoms with van der Waals surface area (Å²) in [4.78, 5) is 32.0. The van der Waals surface area contributed by atoms with Crippen LogP contribution in [-0.4, -0.2) is 33.8 Å². The quantitative estimate of drug-likeness (QED) is 0.314. The molecule has 2 aromatic carbocycles. The predicted octanol–water partition coefficient (Wildman–Crippen LogP) is 4.78. The first-order valence-electron chi connectivity index (χ1n) is 9.99. The Hall–Kier alpha value is -3.45. The van der Waals surface area contributed by atoms with Gasteiger partial charge in [-0.1, -0.05) is 35.9 Å². The molecule has 1 aromatic heterocycles. The molecule has 1 fully saturated rings. The summed E-state index contributed by atoms with van der Waals surface area (Å²) in [7, 11) is 1.54. The zero-order chi connectivity index (χ0) is 22.8. The predicted molar refractivity (Wildman–Crippen MR) is 124 cm³/mol. The fraction of sp³-hybridized carbons (Fsp3) is 0.160. The van der Waals surface area contributed by atoms with Gasteiger partial charge < -0.3 is 14.7 Å². The van der Waals surface area contributed by atoms with Crippen LogP contribution in [0.4, 0.5) is 0 Å². The number of aliphatic hydroxyl groups is 1. The number of likely N-dealkylation sites (tertiary alicyclic amines) is 1. The van der Waals surface area contributed by atoms with Gasteiger partial charge in [0.05, 0.1) is 35.4 Å². The van der Waals surface area contributed by atoms with Gasteiger partial charge in [0.15, 0.2) is 0 Å². The molecule has 162 valence electrons. The van der Waals surface area contributed by atoms with Crippen LogP contribution in [0, 0.1) is 6.92 Å². The minimum absolute atomic E-state index is 0.0496. The van der Waals surface area contributed by atoms with Gasteiger partial charge in [0.25, 0.3) is 11.7 Å². The topological polar surface area (TPSA) is 79.7 Å². The Balaban J connectivity index is 1.87. The van der Waals surface area contributed by atoms with Gasteiger partial charge in [-0.15, -0.1) is 0 Å². The highest BCUT2D eigenvalue weighted by atomic mass is 79.9. The Morgan fingerprint density at radius 3 is 2.59 bits per heavy atom. The number of carbonyl (C=O) groups excluding carboxylic acids is 2. The second-order valence-electron chi connectivity index (χ2n) is 7.51. The van der Waals surface area contributed by atoms with Crippen molar-refractivity contribution in [3.05, 3.63) is 99.3 Å². The number of rotatable bonds is 5. The molecule has 0 bridgehead atoms. The van der Waals surface area contributed by atoms with Crippen LogP contribution in [0.5, 0.6) is 5.75 Å². The lowest BCUT2D eigenvalue weighted by Crippen LogP contribution is -2.29. The third-order valence-electron chi connectivity index (χ3n) is 5.38. The maximum Gasteiger partial charge on any atom is 0.296 e. The Kier molecular flexibility index (Phi) is 6.10. The van der Waals surface area contributed by atoms with Crippen molar-refractivity contribution in [2.75, 3.05) is 7.11 Å². The number of Topliss-reactive ketones (excluding diaryl/α,β-unsaturated/α-hetero) is 1. The van der Waals surface area contributed by atoms with E-state index in [0.717, 1.165) is 11.1 Å². The summed E-state index contributed by atoms with van der Waals surface area (Å²) >= 11 is 3.41. The molecule has 32 heavy (non-hydrogen) atoms. The van der Waals surface area contributed by atoms with Crippen LogP contribution in [0.2, 0.25) is 0 Å². The van der Waals surface area contributed by atoms with Crippen LogP contribution in [0.1, 0.15) is 28.4 Å². The molecular weight excluding hydrogens is 472 g/mol. The molecule has 3 aromatic rings. The summed E-state index contributed by atoms with van der Waals surface area (Å²) in [5.74, 6) is -1.04. The molecule has 4 rings (SSSR count). The number of nitrogens with zero attached hydrogens (tertiary/aromatic N) is 2. The highest BCUT2D eigenvalue weighted by molar-refractivity contribution is 9.10. The van der Waals surface area contributed by atoms with E-state index >= 15 is 0 Å². The molecule has 1 N–H and O–H groups in total. The van der Waals surface area contributed by atoms with Gasteiger partial charge in [-0.25, -0.2) is 0 Å². The van der Waals surface area contributed by atoms with Crippen molar-refractivity contribution in [3.8, 4) is 5.75 Å². The number of pyridine rings is 1. The zero-order valence-electron chi connectivity index (χ0n) is 17.6. The van der Waals surface area contributed by atoms with E-state index < -0.39 is 17.7 Å². The summed E-state index contributed by atoms with van der Waals surface area (Å²) < 4.78 is 5.87. The number of ether oxygens (including phenoxy) is 1. The van der Waals surface area contributed by atoms with Gasteiger partial charge in [0.1, 0.15) is 11.5 Å². The molecular formula is C25H21BrN2O4. The molecule has 6 nitrogen and oxygen atoms in total. The molecule has 2 heterocycles. The van der Waals surface area contributed by atoms with E-state index in [1.165, 1.54) is 4.90 Å². The Bertz CT molecular complexity index is 1220. The highest BCUT2D eigenvalue weighted by Gasteiger charge is 2.46. The van der Waals surface area contributed by atoms with Gasteiger partial charge in [0.2, 0.25) is 0 Å². The standard InChI is InChI=1S/C25H21BrN2O4/c1-15-6-5-7-16(12-15)22-21(23(29)17-9-10-20(32-2)19(26)13-17)24(30)25(31)28(22)14-18-8-3-4-11-27-18/h3-13,22,29H,14H2,1-2H3/b23-21-. The smallest absolute Gasteiger partial charge is 0.296 e. The van der Waals surface area contributed by atoms with Gasteiger partial charge in [-0.2, -0.15) is 0 Å². The minimum Gasteiger partial charge on any atom is -0.507 e. The van der Waals surface area contributed by atoms with Crippen LogP contribution in [0.15, 0.2) is 76.9 Å². The fourth-order valence-corrected chi connectivity index (χ4v) is 4.41. The average Bonchev–Trinajstić information content (AvgIpc) is 3.04. The maximum absolute atomic E-state index is 13.1. The number of aryl methyl sites for hydroxylation is 1. The van der Waals surface area contributed by atoms with Gasteiger partial charge >= 0.3 is 0 Å². The number of ketones is 1. The SMILES string of the molecule is COc1ccc(/C(O)=C2/C(=O)C(=O)N(Cc3ccccn3)C2c2cccc(C)c2)cc1Br. The number of aromatic nitrogens is 1. The lowest BCUT2D eigenvalue weighted by atomic mass is 9.94. The second-order valence-corrected chi connectivity index (χ2v) is 8.37. The number of carbonyl (C=O) groups is 2. The van der Waals surface area contributed by atoms with E-state index in [1.807, 2.05) is 37.3 Å². The molecule has 0 saturated carbocycles. The highest BCUT2D eigenvalue weighted by Crippen LogP contribution is 2.41. The molecule has 0 aliphatic carbocycles. The molecule has 0 radical (unpaired) electrons. The van der Waals surface area contributed by atoms with Crippen molar-refractivity contribution in [1.82, 2.24) is 9.88 Å². The van der Waals surface area contributed by atoms with Crippen LogP contribution in [0.3, 0.4) is 0 Å². The van der Waals surface area contributed by atoms with Crippen LogP contribution in [-0.2, 0) is 16.1 Å². The Morgan fingerprint density at radius 1 is 1.12 bits per heavy atom. The monoisotopic (exact) mass is 492 g/mol. The van der Waals surface area contributed by atoms with E-state index in [9.17, 15) is 14.7 Å². The maximum atomic E-state index is 13.1. The van der Waals surface area contributed by atoms with Gasteiger partial charge in [-0.3, -0.25) is 14.6 Å². The van der Waals surface area contributed by atoms with E-state index in [0.29, 0.717) is 21.5 Å². The summed E-state index contributed by atoms with van der Waals surface area (Å²) in [6, 6.07) is 17.3. The fourth-order valence-electron chi connectivity index (χ4n) is 3.87. The first-order valence-corrected chi connectivity index (χ1v) is 10.8. The molecule has 1 amide bonds.